The van der Waals surface area contributed by atoms with Gasteiger partial charge in [-0.25, -0.2) is 4.98 Å². The van der Waals surface area contributed by atoms with Crippen LogP contribution in [-0.2, 0) is 29.4 Å². The molecule has 0 unspecified atom stereocenters. The minimum Gasteiger partial charge on any atom is -0.465 e. The molecule has 0 aliphatic heterocycles. The van der Waals surface area contributed by atoms with E-state index in [9.17, 15) is 9.59 Å². The van der Waals surface area contributed by atoms with E-state index in [0.29, 0.717) is 11.8 Å². The van der Waals surface area contributed by atoms with Crippen molar-refractivity contribution in [3.63, 3.8) is 0 Å². The second-order valence-electron chi connectivity index (χ2n) is 6.81. The smallest absolute Gasteiger partial charge is 0.324 e. The Morgan fingerprint density at radius 1 is 1.29 bits per heavy atom. The van der Waals surface area contributed by atoms with Crippen LogP contribution in [0.25, 0.3) is 10.2 Å². The quantitative estimate of drug-likeness (QED) is 0.354. The van der Waals surface area contributed by atoms with Crippen LogP contribution in [0.15, 0.2) is 40.3 Å². The SMILES string of the molecule is CCOC(=O)[C@H](Sc1nc2sc3c(c2c(=O)n1C)CCCC3)c1ccccc1. The zero-order valence-electron chi connectivity index (χ0n) is 15.9. The van der Waals surface area contributed by atoms with Gasteiger partial charge in [-0.05, 0) is 43.7 Å². The molecule has 2 aromatic heterocycles. The molecule has 0 fully saturated rings. The molecule has 0 saturated carbocycles. The number of thioether (sulfide) groups is 1. The van der Waals surface area contributed by atoms with Gasteiger partial charge in [-0.3, -0.25) is 14.2 Å². The Labute approximate surface area is 171 Å². The number of fused-ring (bicyclic) bond motifs is 3. The molecule has 1 atom stereocenters. The van der Waals surface area contributed by atoms with Crippen molar-refractivity contribution in [1.29, 1.82) is 0 Å². The number of aromatic nitrogens is 2. The molecule has 146 valence electrons. The molecule has 0 bridgehead atoms. The minimum atomic E-state index is -0.564. The van der Waals surface area contributed by atoms with Crippen molar-refractivity contribution < 1.29 is 9.53 Å². The number of nitrogens with zero attached hydrogens (tertiary/aromatic N) is 2. The highest BCUT2D eigenvalue weighted by Gasteiger charge is 2.27. The summed E-state index contributed by atoms with van der Waals surface area (Å²) in [6.07, 6.45) is 4.27. The largest absolute Gasteiger partial charge is 0.465 e. The van der Waals surface area contributed by atoms with Gasteiger partial charge in [-0.1, -0.05) is 42.1 Å². The summed E-state index contributed by atoms with van der Waals surface area (Å²) >= 11 is 2.90. The number of carbonyl (C=O) groups is 1. The lowest BCUT2D eigenvalue weighted by molar-refractivity contribution is -0.142. The van der Waals surface area contributed by atoms with E-state index in [0.717, 1.165) is 35.0 Å². The number of carbonyl (C=O) groups excluding carboxylic acids is 1. The van der Waals surface area contributed by atoms with Gasteiger partial charge in [0.2, 0.25) is 0 Å². The van der Waals surface area contributed by atoms with Gasteiger partial charge in [0, 0.05) is 11.9 Å². The van der Waals surface area contributed by atoms with Gasteiger partial charge < -0.3 is 4.74 Å². The summed E-state index contributed by atoms with van der Waals surface area (Å²) in [5.41, 5.74) is 1.99. The molecule has 1 aromatic carbocycles. The van der Waals surface area contributed by atoms with Crippen LogP contribution in [0, 0.1) is 0 Å². The molecule has 7 heteroatoms. The minimum absolute atomic E-state index is 0.0254. The number of hydrogen-bond acceptors (Lipinski definition) is 6. The molecule has 1 aliphatic rings. The van der Waals surface area contributed by atoms with Crippen LogP contribution in [0.1, 0.15) is 41.0 Å². The first kappa shape index (κ1) is 19.2. The fraction of sp³-hybridized carbons (Fsp3) is 0.381. The summed E-state index contributed by atoms with van der Waals surface area (Å²) in [4.78, 5) is 32.6. The Morgan fingerprint density at radius 2 is 2.04 bits per heavy atom. The standard InChI is InChI=1S/C21H22N2O3S2/c1-3-26-20(25)17(13-9-5-4-6-10-13)28-21-22-18-16(19(24)23(21)2)14-11-7-8-12-15(14)27-18/h4-6,9-10,17H,3,7-8,11-12H2,1-2H3/t17-/m1/s1. The maximum atomic E-state index is 13.1. The average molecular weight is 415 g/mol. The topological polar surface area (TPSA) is 61.2 Å². The molecule has 3 aromatic rings. The third-order valence-corrected chi connectivity index (χ3v) is 7.44. The number of aryl methyl sites for hydroxylation is 2. The van der Waals surface area contributed by atoms with E-state index in [1.807, 2.05) is 30.3 Å². The third-order valence-electron chi connectivity index (χ3n) is 4.98. The molecule has 0 N–H and O–H groups in total. The fourth-order valence-corrected chi connectivity index (χ4v) is 5.94. The van der Waals surface area contributed by atoms with E-state index in [1.54, 1.807) is 29.9 Å². The van der Waals surface area contributed by atoms with Crippen molar-refractivity contribution in [2.75, 3.05) is 6.61 Å². The lowest BCUT2D eigenvalue weighted by Crippen LogP contribution is -2.22. The molecular weight excluding hydrogens is 392 g/mol. The van der Waals surface area contributed by atoms with E-state index in [2.05, 4.69) is 0 Å². The predicted molar refractivity (Wildman–Crippen MR) is 113 cm³/mol. The first-order chi connectivity index (χ1) is 13.6. The van der Waals surface area contributed by atoms with Crippen LogP contribution >= 0.6 is 23.1 Å². The Kier molecular flexibility index (Phi) is 5.55. The summed E-state index contributed by atoms with van der Waals surface area (Å²) in [6.45, 7) is 2.10. The summed E-state index contributed by atoms with van der Waals surface area (Å²) in [5, 5.41) is 0.739. The lowest BCUT2D eigenvalue weighted by atomic mass is 9.97. The maximum absolute atomic E-state index is 13.1. The zero-order chi connectivity index (χ0) is 19.7. The molecule has 0 amide bonds. The molecule has 0 spiro atoms. The van der Waals surface area contributed by atoms with Crippen molar-refractivity contribution in [2.45, 2.75) is 43.0 Å². The fourth-order valence-electron chi connectivity index (χ4n) is 3.58. The second kappa shape index (κ2) is 8.09. The molecule has 1 aliphatic carbocycles. The number of rotatable bonds is 5. The Hall–Kier alpha value is -2.12. The molecule has 0 radical (unpaired) electrons. The number of benzene rings is 1. The van der Waals surface area contributed by atoms with E-state index in [-0.39, 0.29) is 11.5 Å². The summed E-state index contributed by atoms with van der Waals surface area (Å²) in [5.74, 6) is -0.321. The molecule has 28 heavy (non-hydrogen) atoms. The molecule has 2 heterocycles. The van der Waals surface area contributed by atoms with Crippen molar-refractivity contribution in [2.24, 2.45) is 7.05 Å². The van der Waals surface area contributed by atoms with Crippen LogP contribution in [0.2, 0.25) is 0 Å². The highest BCUT2D eigenvalue weighted by molar-refractivity contribution is 8.00. The first-order valence-corrected chi connectivity index (χ1v) is 11.2. The van der Waals surface area contributed by atoms with Crippen molar-refractivity contribution in [3.05, 3.63) is 56.7 Å². The Balaban J connectivity index is 1.78. The molecular formula is C21H22N2O3S2. The van der Waals surface area contributed by atoms with Gasteiger partial charge in [-0.15, -0.1) is 11.3 Å². The van der Waals surface area contributed by atoms with Gasteiger partial charge in [0.1, 0.15) is 10.1 Å². The van der Waals surface area contributed by atoms with E-state index < -0.39 is 5.25 Å². The average Bonchev–Trinajstić information content (AvgIpc) is 3.08. The van der Waals surface area contributed by atoms with Crippen LogP contribution in [0.3, 0.4) is 0 Å². The Morgan fingerprint density at radius 3 is 2.79 bits per heavy atom. The van der Waals surface area contributed by atoms with Gasteiger partial charge in [-0.2, -0.15) is 0 Å². The summed E-state index contributed by atoms with van der Waals surface area (Å²) in [7, 11) is 1.73. The summed E-state index contributed by atoms with van der Waals surface area (Å²) < 4.78 is 6.86. The van der Waals surface area contributed by atoms with Crippen molar-refractivity contribution >= 4 is 39.3 Å². The molecule has 0 saturated heterocycles. The maximum Gasteiger partial charge on any atom is 0.324 e. The predicted octanol–water partition coefficient (Wildman–Crippen LogP) is 4.27. The number of ether oxygens (including phenoxy) is 1. The molecule has 5 nitrogen and oxygen atoms in total. The van der Waals surface area contributed by atoms with Crippen molar-refractivity contribution in [3.8, 4) is 0 Å². The number of thiophene rings is 1. The molecule has 4 rings (SSSR count). The van der Waals surface area contributed by atoms with Crippen LogP contribution in [0.4, 0.5) is 0 Å². The lowest BCUT2D eigenvalue weighted by Gasteiger charge is -2.16. The first-order valence-electron chi connectivity index (χ1n) is 9.49. The van der Waals surface area contributed by atoms with Gasteiger partial charge in [0.25, 0.3) is 5.56 Å². The van der Waals surface area contributed by atoms with E-state index >= 15 is 0 Å². The second-order valence-corrected chi connectivity index (χ2v) is 8.97. The van der Waals surface area contributed by atoms with E-state index in [1.165, 1.54) is 28.6 Å². The third kappa shape index (κ3) is 3.49. The van der Waals surface area contributed by atoms with Gasteiger partial charge in [0.05, 0.1) is 12.0 Å². The normalized spacial score (nSPS) is 14.6. The van der Waals surface area contributed by atoms with Crippen molar-refractivity contribution in [1.82, 2.24) is 9.55 Å². The highest BCUT2D eigenvalue weighted by Crippen LogP contribution is 2.38. The highest BCUT2D eigenvalue weighted by atomic mass is 32.2. The zero-order valence-corrected chi connectivity index (χ0v) is 17.6. The monoisotopic (exact) mass is 414 g/mol. The number of esters is 1. The van der Waals surface area contributed by atoms with Gasteiger partial charge in [0.15, 0.2) is 5.16 Å². The van der Waals surface area contributed by atoms with Crippen LogP contribution in [0.5, 0.6) is 0 Å². The van der Waals surface area contributed by atoms with Crippen LogP contribution < -0.4 is 5.56 Å². The number of hydrogen-bond donors (Lipinski definition) is 0. The van der Waals surface area contributed by atoms with Gasteiger partial charge >= 0.3 is 5.97 Å². The summed E-state index contributed by atoms with van der Waals surface area (Å²) in [6, 6.07) is 9.49. The van der Waals surface area contributed by atoms with Crippen LogP contribution in [-0.4, -0.2) is 22.1 Å². The van der Waals surface area contributed by atoms with E-state index in [4.69, 9.17) is 9.72 Å². The Bertz CT molecular complexity index is 1070.